The highest BCUT2D eigenvalue weighted by atomic mass is 35.6. The van der Waals surface area contributed by atoms with Crippen LogP contribution in [-0.4, -0.2) is 15.0 Å². The van der Waals surface area contributed by atoms with Crippen molar-refractivity contribution in [3.63, 3.8) is 0 Å². The standard InChI is InChI=1S/C12H15ClFOSi/c13-16-7-5-11(6-8-16)10-1-3-12(4-2-10)15-9-14/h1-4,11H,5-9H2. The lowest BCUT2D eigenvalue weighted by molar-refractivity contribution is 0.191. The molecule has 0 aromatic heterocycles. The van der Waals surface area contributed by atoms with Crippen LogP contribution in [0.25, 0.3) is 0 Å². The van der Waals surface area contributed by atoms with Gasteiger partial charge in [-0.2, -0.15) is 11.1 Å². The van der Waals surface area contributed by atoms with Crippen molar-refractivity contribution >= 4 is 19.2 Å². The Hall–Kier alpha value is -0.543. The fraction of sp³-hybridized carbons (Fsp3) is 0.500. The van der Waals surface area contributed by atoms with Gasteiger partial charge in [0, 0.05) is 0 Å². The van der Waals surface area contributed by atoms with Crippen molar-refractivity contribution in [1.29, 1.82) is 0 Å². The molecule has 1 fully saturated rings. The maximum atomic E-state index is 11.9. The summed E-state index contributed by atoms with van der Waals surface area (Å²) in [5.74, 6) is 1.23. The van der Waals surface area contributed by atoms with Gasteiger partial charge in [-0.3, -0.25) is 0 Å². The van der Waals surface area contributed by atoms with Gasteiger partial charge in [0.25, 0.3) is 0 Å². The maximum absolute atomic E-state index is 11.9. The number of hydrogen-bond acceptors (Lipinski definition) is 1. The molecule has 1 aliphatic rings. The molecule has 1 radical (unpaired) electrons. The molecule has 2 rings (SSSR count). The minimum absolute atomic E-state index is 0.551. The van der Waals surface area contributed by atoms with Gasteiger partial charge in [-0.1, -0.05) is 12.1 Å². The second kappa shape index (κ2) is 5.69. The summed E-state index contributed by atoms with van der Waals surface area (Å²) in [6.07, 6.45) is 2.39. The van der Waals surface area contributed by atoms with Crippen LogP contribution in [-0.2, 0) is 0 Å². The number of rotatable bonds is 3. The van der Waals surface area contributed by atoms with Crippen molar-refractivity contribution in [2.45, 2.75) is 30.8 Å². The predicted molar refractivity (Wildman–Crippen MR) is 66.2 cm³/mol. The van der Waals surface area contributed by atoms with Gasteiger partial charge in [0.05, 0.1) is 0 Å². The summed E-state index contributed by atoms with van der Waals surface area (Å²) in [6, 6.07) is 10.2. The summed E-state index contributed by atoms with van der Waals surface area (Å²) in [7, 11) is -0.551. The molecule has 0 spiro atoms. The summed E-state index contributed by atoms with van der Waals surface area (Å²) < 4.78 is 16.7. The highest BCUT2D eigenvalue weighted by Gasteiger charge is 2.22. The fourth-order valence-electron chi connectivity index (χ4n) is 2.16. The summed E-state index contributed by atoms with van der Waals surface area (Å²) in [5, 5.41) is 0. The molecule has 1 saturated heterocycles. The largest absolute Gasteiger partial charge is 0.463 e. The Bertz CT molecular complexity index is 322. The van der Waals surface area contributed by atoms with Crippen LogP contribution in [0.3, 0.4) is 0 Å². The molecule has 0 bridgehead atoms. The van der Waals surface area contributed by atoms with E-state index in [0.717, 1.165) is 0 Å². The number of halogens is 2. The van der Waals surface area contributed by atoms with E-state index in [1.807, 2.05) is 24.3 Å². The van der Waals surface area contributed by atoms with Crippen molar-refractivity contribution in [1.82, 2.24) is 0 Å². The van der Waals surface area contributed by atoms with Gasteiger partial charge in [0.2, 0.25) is 6.86 Å². The Kier molecular flexibility index (Phi) is 4.24. The van der Waals surface area contributed by atoms with E-state index in [1.165, 1.54) is 30.5 Å². The molecule has 1 nitrogen and oxygen atoms in total. The van der Waals surface area contributed by atoms with Crippen molar-refractivity contribution in [3.8, 4) is 5.75 Å². The molecule has 0 N–H and O–H groups in total. The first-order valence-electron chi connectivity index (χ1n) is 5.58. The van der Waals surface area contributed by atoms with Crippen molar-refractivity contribution in [3.05, 3.63) is 29.8 Å². The zero-order chi connectivity index (χ0) is 11.4. The molecule has 0 unspecified atom stereocenters. The molecule has 1 aromatic rings. The lowest BCUT2D eigenvalue weighted by Gasteiger charge is -2.24. The average molecular weight is 258 g/mol. The first-order chi connectivity index (χ1) is 7.79. The van der Waals surface area contributed by atoms with E-state index in [1.54, 1.807) is 0 Å². The van der Waals surface area contributed by atoms with E-state index in [-0.39, 0.29) is 0 Å². The topological polar surface area (TPSA) is 9.23 Å². The van der Waals surface area contributed by atoms with Crippen LogP contribution in [0.5, 0.6) is 5.75 Å². The molecule has 0 saturated carbocycles. The summed E-state index contributed by atoms with van der Waals surface area (Å²) >= 11 is 6.18. The number of ether oxygens (including phenoxy) is 1. The van der Waals surface area contributed by atoms with Crippen LogP contribution in [0, 0.1) is 0 Å². The second-order valence-corrected chi connectivity index (χ2v) is 7.75. The van der Waals surface area contributed by atoms with Gasteiger partial charge in [0.1, 0.15) is 5.75 Å². The van der Waals surface area contributed by atoms with Gasteiger partial charge in [-0.05, 0) is 48.5 Å². The molecule has 1 aromatic carbocycles. The normalized spacial score (nSPS) is 18.6. The zero-order valence-electron chi connectivity index (χ0n) is 9.09. The molecule has 1 aliphatic heterocycles. The first kappa shape index (κ1) is 11.9. The molecule has 0 atom stereocenters. The Labute approximate surface area is 102 Å². The van der Waals surface area contributed by atoms with Crippen LogP contribution >= 0.6 is 11.1 Å². The third-order valence-electron chi connectivity index (χ3n) is 3.10. The lowest BCUT2D eigenvalue weighted by atomic mass is 9.93. The summed E-state index contributed by atoms with van der Waals surface area (Å²) in [4.78, 5) is 0. The molecule has 1 heterocycles. The van der Waals surface area contributed by atoms with Crippen LogP contribution in [0.2, 0.25) is 12.1 Å². The summed E-state index contributed by atoms with van der Waals surface area (Å²) in [6.45, 7) is -0.763. The second-order valence-electron chi connectivity index (χ2n) is 4.11. The van der Waals surface area contributed by atoms with E-state index >= 15 is 0 Å². The van der Waals surface area contributed by atoms with E-state index in [0.29, 0.717) is 11.7 Å². The van der Waals surface area contributed by atoms with Crippen molar-refractivity contribution in [2.24, 2.45) is 0 Å². The monoisotopic (exact) mass is 257 g/mol. The van der Waals surface area contributed by atoms with Crippen molar-refractivity contribution in [2.75, 3.05) is 6.86 Å². The average Bonchev–Trinajstić information content (AvgIpc) is 2.32. The van der Waals surface area contributed by atoms with Gasteiger partial charge in [-0.25, -0.2) is 4.39 Å². The Morgan fingerprint density at radius 1 is 1.25 bits per heavy atom. The third-order valence-corrected chi connectivity index (χ3v) is 5.90. The molecular formula is C12H15ClFOSi. The molecular weight excluding hydrogens is 243 g/mol. The smallest absolute Gasteiger partial charge is 0.228 e. The van der Waals surface area contributed by atoms with E-state index in [2.05, 4.69) is 0 Å². The minimum Gasteiger partial charge on any atom is -0.463 e. The fourth-order valence-corrected chi connectivity index (χ4v) is 4.39. The predicted octanol–water partition coefficient (Wildman–Crippen LogP) is 4.10. The minimum atomic E-state index is -0.763. The number of alkyl halides is 1. The molecule has 87 valence electrons. The summed E-state index contributed by atoms with van der Waals surface area (Å²) in [5.41, 5.74) is 1.33. The van der Waals surface area contributed by atoms with E-state index in [4.69, 9.17) is 15.8 Å². The molecule has 16 heavy (non-hydrogen) atoms. The quantitative estimate of drug-likeness (QED) is 0.585. The molecule has 4 heteroatoms. The zero-order valence-corrected chi connectivity index (χ0v) is 10.8. The number of hydrogen-bond donors (Lipinski definition) is 0. The van der Waals surface area contributed by atoms with Gasteiger partial charge < -0.3 is 4.74 Å². The molecule has 0 aliphatic carbocycles. The van der Waals surface area contributed by atoms with Crippen molar-refractivity contribution < 1.29 is 9.13 Å². The highest BCUT2D eigenvalue weighted by molar-refractivity contribution is 7.07. The Morgan fingerprint density at radius 3 is 2.44 bits per heavy atom. The molecule has 0 amide bonds. The maximum Gasteiger partial charge on any atom is 0.228 e. The number of benzene rings is 1. The lowest BCUT2D eigenvalue weighted by Crippen LogP contribution is -2.14. The van der Waals surface area contributed by atoms with E-state index < -0.39 is 15.0 Å². The Morgan fingerprint density at radius 2 is 1.88 bits per heavy atom. The van der Waals surface area contributed by atoms with Crippen LogP contribution < -0.4 is 4.74 Å². The SMILES string of the molecule is FCOc1ccc(C2CC[Si](Cl)CC2)cc1. The van der Waals surface area contributed by atoms with Gasteiger partial charge >= 0.3 is 0 Å². The Balaban J connectivity index is 1.98. The highest BCUT2D eigenvalue weighted by Crippen LogP contribution is 2.35. The van der Waals surface area contributed by atoms with Crippen LogP contribution in [0.1, 0.15) is 24.3 Å². The van der Waals surface area contributed by atoms with Gasteiger partial charge in [-0.15, -0.1) is 0 Å². The first-order valence-corrected chi connectivity index (χ1v) is 8.51. The van der Waals surface area contributed by atoms with Crippen LogP contribution in [0.15, 0.2) is 24.3 Å². The third kappa shape index (κ3) is 2.98. The van der Waals surface area contributed by atoms with Gasteiger partial charge in [0.15, 0.2) is 8.11 Å². The van der Waals surface area contributed by atoms with E-state index in [9.17, 15) is 4.39 Å². The van der Waals surface area contributed by atoms with Crippen LogP contribution in [0.4, 0.5) is 4.39 Å².